The highest BCUT2D eigenvalue weighted by molar-refractivity contribution is 7.18. The number of pyridine rings is 1. The van der Waals surface area contributed by atoms with E-state index in [0.717, 1.165) is 38.3 Å². The van der Waals surface area contributed by atoms with E-state index in [1.54, 1.807) is 9.58 Å². The number of fused-ring (bicyclic) bond motifs is 3. The maximum absolute atomic E-state index is 16.1. The molecule has 0 aliphatic carbocycles. The lowest BCUT2D eigenvalue weighted by Crippen LogP contribution is -2.42. The van der Waals surface area contributed by atoms with Gasteiger partial charge in [-0.2, -0.15) is 10.2 Å². The molecule has 0 saturated carbocycles. The number of amides is 1. The molecule has 0 fully saturated rings. The van der Waals surface area contributed by atoms with Gasteiger partial charge in [-0.15, -0.1) is 11.3 Å². The number of hydrogen-bond donors (Lipinski definition) is 0. The molecule has 2 atom stereocenters. The van der Waals surface area contributed by atoms with Gasteiger partial charge in [-0.3, -0.25) is 14.2 Å². The second-order valence-electron chi connectivity index (χ2n) is 11.6. The molecule has 2 unspecified atom stereocenters. The Morgan fingerprint density at radius 1 is 1.09 bits per heavy atom. The van der Waals surface area contributed by atoms with E-state index in [2.05, 4.69) is 11.7 Å². The fourth-order valence-corrected chi connectivity index (χ4v) is 7.31. The molecular weight excluding hydrogens is 622 g/mol. The van der Waals surface area contributed by atoms with Crippen LogP contribution in [-0.4, -0.2) is 62.2 Å². The van der Waals surface area contributed by atoms with Crippen LogP contribution in [0.5, 0.6) is 5.75 Å². The molecule has 4 aromatic heterocycles. The van der Waals surface area contributed by atoms with E-state index in [1.165, 1.54) is 30.6 Å². The number of aryl methyl sites for hydroxylation is 1. The SMILES string of the molecule is C=CC(=O)N1CC(C)n2nc(-c3nc(-c4ccc5cn(C)nc5c4)c4ccsc4c3-c3c(F)cc(F)cc3OCCOC)cc2C1C. The molecule has 0 saturated heterocycles. The summed E-state index contributed by atoms with van der Waals surface area (Å²) in [7, 11) is 3.40. The molecule has 9 nitrogen and oxygen atoms in total. The van der Waals surface area contributed by atoms with Gasteiger partial charge in [-0.05, 0) is 43.5 Å². The number of ether oxygens (including phenoxy) is 2. The highest BCUT2D eigenvalue weighted by atomic mass is 32.1. The summed E-state index contributed by atoms with van der Waals surface area (Å²) >= 11 is 1.43. The Kier molecular flexibility index (Phi) is 7.85. The molecule has 1 aliphatic rings. The van der Waals surface area contributed by atoms with E-state index in [1.807, 2.05) is 67.5 Å². The Bertz CT molecular complexity index is 2190. The van der Waals surface area contributed by atoms with Crippen LogP contribution in [-0.2, 0) is 16.6 Å². The first kappa shape index (κ1) is 30.7. The summed E-state index contributed by atoms with van der Waals surface area (Å²) in [4.78, 5) is 19.7. The molecule has 0 bridgehead atoms. The summed E-state index contributed by atoms with van der Waals surface area (Å²) in [5, 5.41) is 13.3. The predicted octanol–water partition coefficient (Wildman–Crippen LogP) is 7.33. The minimum atomic E-state index is -0.786. The van der Waals surface area contributed by atoms with Crippen molar-refractivity contribution in [2.45, 2.75) is 25.9 Å². The van der Waals surface area contributed by atoms with E-state index in [4.69, 9.17) is 19.6 Å². The number of nitrogens with zero attached hydrogens (tertiary/aromatic N) is 6. The van der Waals surface area contributed by atoms with Crippen molar-refractivity contribution in [1.82, 2.24) is 29.4 Å². The fourth-order valence-electron chi connectivity index (χ4n) is 6.36. The van der Waals surface area contributed by atoms with E-state index < -0.39 is 11.6 Å². The number of thiophene rings is 1. The van der Waals surface area contributed by atoms with E-state index in [9.17, 15) is 9.18 Å². The number of benzene rings is 2. The minimum Gasteiger partial charge on any atom is -0.490 e. The lowest BCUT2D eigenvalue weighted by Gasteiger charge is -2.36. The first-order valence-electron chi connectivity index (χ1n) is 15.2. The van der Waals surface area contributed by atoms with Crippen LogP contribution in [0.15, 0.2) is 66.7 Å². The van der Waals surface area contributed by atoms with Gasteiger partial charge in [0.15, 0.2) is 0 Å². The van der Waals surface area contributed by atoms with Gasteiger partial charge in [0.25, 0.3) is 0 Å². The zero-order valence-corrected chi connectivity index (χ0v) is 27.1. The van der Waals surface area contributed by atoms with Crippen LogP contribution in [0.3, 0.4) is 0 Å². The summed E-state index contributed by atoms with van der Waals surface area (Å²) in [5.41, 5.74) is 4.54. The number of methoxy groups -OCH3 is 1. The Morgan fingerprint density at radius 3 is 2.70 bits per heavy atom. The zero-order valence-electron chi connectivity index (χ0n) is 26.3. The molecule has 1 amide bonds. The molecule has 47 heavy (non-hydrogen) atoms. The summed E-state index contributed by atoms with van der Waals surface area (Å²) in [6, 6.07) is 11.4. The first-order valence-corrected chi connectivity index (χ1v) is 16.1. The number of aromatic nitrogens is 5. The smallest absolute Gasteiger partial charge is 0.246 e. The van der Waals surface area contributed by atoms with Crippen LogP contribution < -0.4 is 4.74 Å². The molecule has 12 heteroatoms. The van der Waals surface area contributed by atoms with Gasteiger partial charge in [0.05, 0.1) is 41.2 Å². The van der Waals surface area contributed by atoms with Crippen molar-refractivity contribution in [2.75, 3.05) is 26.9 Å². The van der Waals surface area contributed by atoms with E-state index in [-0.39, 0.29) is 42.5 Å². The van der Waals surface area contributed by atoms with Crippen molar-refractivity contribution >= 4 is 38.2 Å². The summed E-state index contributed by atoms with van der Waals surface area (Å²) in [5.74, 6) is -1.68. The maximum Gasteiger partial charge on any atom is 0.246 e. The van der Waals surface area contributed by atoms with Gasteiger partial charge in [0.1, 0.15) is 35.4 Å². The Labute approximate surface area is 273 Å². The predicted molar refractivity (Wildman–Crippen MR) is 178 cm³/mol. The van der Waals surface area contributed by atoms with Crippen molar-refractivity contribution < 1.29 is 23.0 Å². The van der Waals surface area contributed by atoms with Crippen LogP contribution in [0.25, 0.3) is 54.8 Å². The molecule has 0 N–H and O–H groups in total. The number of carbonyl (C=O) groups is 1. The number of carbonyl (C=O) groups excluding carboxylic acids is 1. The van der Waals surface area contributed by atoms with Gasteiger partial charge >= 0.3 is 0 Å². The molecule has 0 spiro atoms. The van der Waals surface area contributed by atoms with Crippen molar-refractivity contribution in [3.05, 3.63) is 84.0 Å². The van der Waals surface area contributed by atoms with Crippen LogP contribution >= 0.6 is 11.3 Å². The van der Waals surface area contributed by atoms with Gasteiger partial charge < -0.3 is 14.4 Å². The molecule has 240 valence electrons. The number of halogens is 2. The van der Waals surface area contributed by atoms with Gasteiger partial charge in [0.2, 0.25) is 5.91 Å². The molecule has 5 heterocycles. The first-order chi connectivity index (χ1) is 22.7. The van der Waals surface area contributed by atoms with Crippen molar-refractivity contribution in [1.29, 1.82) is 0 Å². The third-order valence-corrected chi connectivity index (χ3v) is 9.49. The van der Waals surface area contributed by atoms with Gasteiger partial charge in [-0.25, -0.2) is 13.8 Å². The summed E-state index contributed by atoms with van der Waals surface area (Å²) in [6.07, 6.45) is 3.26. The fraction of sp³-hybridized carbons (Fsp3) is 0.257. The number of rotatable bonds is 8. The summed E-state index contributed by atoms with van der Waals surface area (Å²) in [6.45, 7) is 8.37. The Balaban J connectivity index is 1.52. The Hall–Kier alpha value is -4.94. The van der Waals surface area contributed by atoms with Crippen molar-refractivity contribution in [3.8, 4) is 39.5 Å². The van der Waals surface area contributed by atoms with Crippen LogP contribution in [0.4, 0.5) is 8.78 Å². The third-order valence-electron chi connectivity index (χ3n) is 8.56. The molecular formula is C35H32F2N6O3S. The van der Waals surface area contributed by atoms with Crippen LogP contribution in [0.2, 0.25) is 0 Å². The molecule has 2 aromatic carbocycles. The van der Waals surface area contributed by atoms with Gasteiger partial charge in [0, 0.05) is 65.6 Å². The highest BCUT2D eigenvalue weighted by Crippen LogP contribution is 2.48. The normalized spacial score (nSPS) is 16.2. The molecule has 0 radical (unpaired) electrons. The number of hydrogen-bond acceptors (Lipinski definition) is 7. The average Bonchev–Trinajstić information content (AvgIpc) is 3.80. The van der Waals surface area contributed by atoms with Crippen molar-refractivity contribution in [3.63, 3.8) is 0 Å². The lowest BCUT2D eigenvalue weighted by atomic mass is 9.96. The average molecular weight is 655 g/mol. The highest BCUT2D eigenvalue weighted by Gasteiger charge is 2.34. The third kappa shape index (κ3) is 5.27. The second kappa shape index (κ2) is 12.0. The quantitative estimate of drug-likeness (QED) is 0.126. The van der Waals surface area contributed by atoms with Crippen molar-refractivity contribution in [2.24, 2.45) is 7.05 Å². The van der Waals surface area contributed by atoms with E-state index in [0.29, 0.717) is 29.2 Å². The standard InChI is InChI=1S/C35H32F2N6O3S/c1-6-30(44)42-17-19(2)43-28(20(42)3)16-27(40-43)34-32(31-25(37)14-23(36)15-29(31)46-11-10-45-5)35-24(9-12-47-35)33(38-34)21-7-8-22-18-41(4)39-26(22)13-21/h6-9,12-16,18-20H,1,10-11,17H2,2-5H3. The monoisotopic (exact) mass is 654 g/mol. The molecule has 6 aromatic rings. The second-order valence-corrected chi connectivity index (χ2v) is 12.6. The topological polar surface area (TPSA) is 87.3 Å². The lowest BCUT2D eigenvalue weighted by molar-refractivity contribution is -0.129. The molecule has 7 rings (SSSR count). The van der Waals surface area contributed by atoms with Crippen LogP contribution in [0, 0.1) is 11.6 Å². The minimum absolute atomic E-state index is 0.0356. The Morgan fingerprint density at radius 2 is 1.91 bits per heavy atom. The zero-order chi connectivity index (χ0) is 33.0. The largest absolute Gasteiger partial charge is 0.490 e. The van der Waals surface area contributed by atoms with E-state index >= 15 is 4.39 Å². The molecule has 1 aliphatic heterocycles. The summed E-state index contributed by atoms with van der Waals surface area (Å²) < 4.78 is 46.2. The maximum atomic E-state index is 16.1. The van der Waals surface area contributed by atoms with Crippen LogP contribution in [0.1, 0.15) is 31.6 Å². The van der Waals surface area contributed by atoms with Gasteiger partial charge in [-0.1, -0.05) is 18.7 Å².